The fourth-order valence-corrected chi connectivity index (χ4v) is 8.84. The largest absolute Gasteiger partial charge is 0.508 e. The average molecular weight is 874 g/mol. The van der Waals surface area contributed by atoms with Crippen molar-refractivity contribution in [2.45, 2.75) is 88.1 Å². The first-order valence-corrected chi connectivity index (χ1v) is 23.1. The van der Waals surface area contributed by atoms with E-state index in [1.54, 1.807) is 60.7 Å². The second-order valence-corrected chi connectivity index (χ2v) is 17.6. The van der Waals surface area contributed by atoms with E-state index >= 15 is 0 Å². The summed E-state index contributed by atoms with van der Waals surface area (Å²) in [6.07, 6.45) is 6.19. The Kier molecular flexibility index (Phi) is 19.1. The molecule has 0 unspecified atom stereocenters. The number of nitrogens with two attached hydrogens (primary N) is 1. The van der Waals surface area contributed by atoms with Crippen LogP contribution in [-0.2, 0) is 32.1 Å². The summed E-state index contributed by atoms with van der Waals surface area (Å²) in [6.45, 7) is 8.37. The average Bonchev–Trinajstić information content (AvgIpc) is 3.74. The topological polar surface area (TPSA) is 191 Å². The molecular weight excluding hydrogens is 803 g/mol. The normalized spacial score (nSPS) is 16.6. The SMILES string of the molecule is CCN[C@H](CN[C@H](CN[C@@H](Cc1ccc(O)cc1)CN1CCC[C@H]1CN[C@H](CN[C@H](CN)Cc1ccc(O)cc1)Cc1ccc(O)cc1)Cc1ccc(O)cc1)Cc1ccc(O)cc1. The quantitative estimate of drug-likeness (QED) is 0.0341. The monoisotopic (exact) mass is 874 g/mol. The van der Waals surface area contributed by atoms with Gasteiger partial charge in [-0.2, -0.15) is 0 Å². The van der Waals surface area contributed by atoms with E-state index in [1.165, 1.54) is 0 Å². The smallest absolute Gasteiger partial charge is 0.115 e. The van der Waals surface area contributed by atoms with Crippen LogP contribution >= 0.6 is 0 Å². The van der Waals surface area contributed by atoms with Gasteiger partial charge in [-0.3, -0.25) is 4.90 Å². The Morgan fingerprint density at radius 1 is 0.469 bits per heavy atom. The molecule has 0 spiro atoms. The number of hydrogen-bond donors (Lipinski definition) is 11. The molecule has 0 bridgehead atoms. The van der Waals surface area contributed by atoms with Crippen LogP contribution in [0.4, 0.5) is 0 Å². The summed E-state index contributed by atoms with van der Waals surface area (Å²) in [5, 5.41) is 68.9. The first-order chi connectivity index (χ1) is 31.1. The van der Waals surface area contributed by atoms with Crippen molar-refractivity contribution in [3.8, 4) is 28.7 Å². The molecule has 6 rings (SSSR count). The minimum Gasteiger partial charge on any atom is -0.508 e. The third-order valence-corrected chi connectivity index (χ3v) is 12.4. The molecule has 0 saturated carbocycles. The number of nitrogens with one attached hydrogen (secondary N) is 5. The molecule has 64 heavy (non-hydrogen) atoms. The molecule has 0 amide bonds. The van der Waals surface area contributed by atoms with Gasteiger partial charge in [-0.25, -0.2) is 0 Å². The van der Waals surface area contributed by atoms with Crippen molar-refractivity contribution in [3.63, 3.8) is 0 Å². The van der Waals surface area contributed by atoms with Gasteiger partial charge in [0.15, 0.2) is 0 Å². The van der Waals surface area contributed by atoms with E-state index in [1.807, 2.05) is 60.7 Å². The van der Waals surface area contributed by atoms with Crippen LogP contribution in [0.25, 0.3) is 0 Å². The van der Waals surface area contributed by atoms with E-state index in [0.29, 0.717) is 12.6 Å². The molecule has 1 saturated heterocycles. The molecule has 12 heteroatoms. The highest BCUT2D eigenvalue weighted by molar-refractivity contribution is 5.30. The standard InChI is InChI=1S/C52H71N7O5/c1-2-54-43(27-38-7-17-49(61)18-8-38)32-56-44(28-39-9-19-50(62)20-10-39)34-57-46(30-41-13-23-52(64)24-14-41)36-59-25-3-4-47(59)35-58-45(29-40-11-21-51(63)22-12-40)33-55-42(31-53)26-37-5-15-48(60)16-6-37/h5-24,42-47,54-58,60-64H,2-4,25-36,53H2,1H3/t42-,43-,44-,45-,46-,47-/m0/s1. The van der Waals surface area contributed by atoms with Crippen LogP contribution in [-0.4, -0.2) is 119 Å². The molecule has 12 N–H and O–H groups in total. The molecule has 6 atom stereocenters. The van der Waals surface area contributed by atoms with Gasteiger partial charge in [0.2, 0.25) is 0 Å². The maximum absolute atomic E-state index is 10.1. The number of phenolic OH excluding ortho intramolecular Hbond substituents is 5. The van der Waals surface area contributed by atoms with Crippen molar-refractivity contribution in [1.29, 1.82) is 0 Å². The molecule has 5 aromatic carbocycles. The van der Waals surface area contributed by atoms with E-state index in [0.717, 1.165) is 119 Å². The summed E-state index contributed by atoms with van der Waals surface area (Å²) < 4.78 is 0. The van der Waals surface area contributed by atoms with Gasteiger partial charge in [0.25, 0.3) is 0 Å². The molecule has 12 nitrogen and oxygen atoms in total. The molecule has 0 aromatic heterocycles. The Labute approximate surface area is 380 Å². The number of rotatable bonds is 27. The molecule has 5 aromatic rings. The minimum atomic E-state index is 0.0730. The Morgan fingerprint density at radius 3 is 1.19 bits per heavy atom. The Morgan fingerprint density at radius 2 is 0.797 bits per heavy atom. The lowest BCUT2D eigenvalue weighted by atomic mass is 10.0. The summed E-state index contributed by atoms with van der Waals surface area (Å²) in [5.41, 5.74) is 12.0. The first kappa shape index (κ1) is 48.3. The molecule has 344 valence electrons. The number of benzene rings is 5. The van der Waals surface area contributed by atoms with Crippen molar-refractivity contribution >= 4 is 0 Å². The van der Waals surface area contributed by atoms with Crippen molar-refractivity contribution in [2.24, 2.45) is 5.73 Å². The zero-order valence-electron chi connectivity index (χ0n) is 37.4. The van der Waals surface area contributed by atoms with Crippen LogP contribution in [0.1, 0.15) is 47.6 Å². The highest BCUT2D eigenvalue weighted by Crippen LogP contribution is 2.21. The van der Waals surface area contributed by atoms with Crippen LogP contribution in [0.5, 0.6) is 28.7 Å². The number of nitrogens with zero attached hydrogens (tertiary/aromatic N) is 1. The summed E-state index contributed by atoms with van der Waals surface area (Å²) in [6, 6.07) is 38.3. The van der Waals surface area contributed by atoms with Crippen LogP contribution in [0.15, 0.2) is 121 Å². The second kappa shape index (κ2) is 25.3. The minimum absolute atomic E-state index is 0.0730. The van der Waals surface area contributed by atoms with E-state index in [2.05, 4.69) is 38.4 Å². The number of hydrogen-bond acceptors (Lipinski definition) is 12. The Hall–Kier alpha value is -5.18. The van der Waals surface area contributed by atoms with Crippen LogP contribution in [0.2, 0.25) is 0 Å². The zero-order chi connectivity index (χ0) is 45.1. The lowest BCUT2D eigenvalue weighted by Crippen LogP contribution is -2.53. The molecular formula is C52H71N7O5. The van der Waals surface area contributed by atoms with Gasteiger partial charge < -0.3 is 57.9 Å². The number of phenols is 5. The van der Waals surface area contributed by atoms with E-state index < -0.39 is 0 Å². The second-order valence-electron chi connectivity index (χ2n) is 17.6. The number of likely N-dealkylation sites (N-methyl/N-ethyl adjacent to an activating group) is 1. The van der Waals surface area contributed by atoms with Gasteiger partial charge in [-0.15, -0.1) is 0 Å². The van der Waals surface area contributed by atoms with Crippen LogP contribution in [0.3, 0.4) is 0 Å². The third-order valence-electron chi connectivity index (χ3n) is 12.4. The summed E-state index contributed by atoms with van der Waals surface area (Å²) in [7, 11) is 0. The molecule has 1 fully saturated rings. The van der Waals surface area contributed by atoms with E-state index in [9.17, 15) is 25.5 Å². The highest BCUT2D eigenvalue weighted by Gasteiger charge is 2.28. The van der Waals surface area contributed by atoms with Gasteiger partial charge in [0.05, 0.1) is 0 Å². The number of aromatic hydroxyl groups is 5. The molecule has 0 radical (unpaired) electrons. The lowest BCUT2D eigenvalue weighted by Gasteiger charge is -2.33. The highest BCUT2D eigenvalue weighted by atomic mass is 16.3. The van der Waals surface area contributed by atoms with E-state index in [4.69, 9.17) is 5.73 Å². The maximum Gasteiger partial charge on any atom is 0.115 e. The molecule has 0 aliphatic carbocycles. The third kappa shape index (κ3) is 16.4. The van der Waals surface area contributed by atoms with Crippen molar-refractivity contribution < 1.29 is 25.5 Å². The van der Waals surface area contributed by atoms with Gasteiger partial charge >= 0.3 is 0 Å². The predicted molar refractivity (Wildman–Crippen MR) is 257 cm³/mol. The van der Waals surface area contributed by atoms with Gasteiger partial charge in [-0.1, -0.05) is 67.6 Å². The van der Waals surface area contributed by atoms with Crippen LogP contribution < -0.4 is 32.3 Å². The first-order valence-electron chi connectivity index (χ1n) is 23.1. The lowest BCUT2D eigenvalue weighted by molar-refractivity contribution is 0.211. The van der Waals surface area contributed by atoms with Gasteiger partial charge in [-0.05, 0) is 147 Å². The summed E-state index contributed by atoms with van der Waals surface area (Å²) >= 11 is 0. The summed E-state index contributed by atoms with van der Waals surface area (Å²) in [4.78, 5) is 2.63. The Balaban J connectivity index is 1.13. The van der Waals surface area contributed by atoms with Crippen molar-refractivity contribution in [3.05, 3.63) is 149 Å². The fourth-order valence-electron chi connectivity index (χ4n) is 8.84. The van der Waals surface area contributed by atoms with Crippen molar-refractivity contribution in [2.75, 3.05) is 52.4 Å². The zero-order valence-corrected chi connectivity index (χ0v) is 37.4. The molecule has 1 heterocycles. The van der Waals surface area contributed by atoms with Gasteiger partial charge in [0.1, 0.15) is 28.7 Å². The maximum atomic E-state index is 10.1. The molecule has 1 aliphatic heterocycles. The Bertz CT molecular complexity index is 2050. The van der Waals surface area contributed by atoms with Gasteiger partial charge in [0, 0.05) is 75.5 Å². The van der Waals surface area contributed by atoms with E-state index in [-0.39, 0.29) is 59.0 Å². The number of likely N-dealkylation sites (tertiary alicyclic amines) is 1. The van der Waals surface area contributed by atoms with Crippen LogP contribution in [0, 0.1) is 0 Å². The summed E-state index contributed by atoms with van der Waals surface area (Å²) in [5.74, 6) is 1.29. The molecule has 1 aliphatic rings. The predicted octanol–water partition coefficient (Wildman–Crippen LogP) is 4.96. The fraction of sp³-hybridized carbons (Fsp3) is 0.423. The van der Waals surface area contributed by atoms with Crippen molar-refractivity contribution in [1.82, 2.24) is 31.5 Å².